The number of nitrogens with one attached hydrogen (secondary N) is 1. The van der Waals surface area contributed by atoms with Crippen LogP contribution in [0.25, 0.3) is 0 Å². The first-order chi connectivity index (χ1) is 12.2. The van der Waals surface area contributed by atoms with E-state index in [1.165, 1.54) is 12.5 Å². The van der Waals surface area contributed by atoms with Crippen LogP contribution in [0.5, 0.6) is 0 Å². The molecule has 26 heavy (non-hydrogen) atoms. The molecule has 0 fully saturated rings. The molecule has 2 aromatic carbocycles. The van der Waals surface area contributed by atoms with Gasteiger partial charge in [-0.25, -0.2) is 0 Å². The number of aryl methyl sites for hydroxylation is 1. The Balaban J connectivity index is 2.02. The van der Waals surface area contributed by atoms with Gasteiger partial charge in [0.2, 0.25) is 11.8 Å². The lowest BCUT2D eigenvalue weighted by Crippen LogP contribution is -2.32. The Morgan fingerprint density at radius 3 is 2.23 bits per heavy atom. The molecule has 2 aromatic rings. The van der Waals surface area contributed by atoms with Crippen molar-refractivity contribution >= 4 is 23.2 Å². The molecule has 0 bridgehead atoms. The molecular formula is C22H28N2O2. The second-order valence-electron chi connectivity index (χ2n) is 7.64. The molecule has 0 saturated heterocycles. The van der Waals surface area contributed by atoms with E-state index >= 15 is 0 Å². The zero-order valence-corrected chi connectivity index (χ0v) is 16.3. The molecule has 0 aliphatic carbocycles. The third-order valence-corrected chi connectivity index (χ3v) is 4.29. The van der Waals surface area contributed by atoms with Crippen molar-refractivity contribution in [2.24, 2.45) is 0 Å². The van der Waals surface area contributed by atoms with Crippen molar-refractivity contribution in [2.75, 3.05) is 16.8 Å². The van der Waals surface area contributed by atoms with E-state index in [4.69, 9.17) is 0 Å². The average Bonchev–Trinajstić information content (AvgIpc) is 2.54. The normalized spacial score (nSPS) is 11.1. The smallest absolute Gasteiger partial charge is 0.226 e. The van der Waals surface area contributed by atoms with Crippen LogP contribution in [0.15, 0.2) is 48.5 Å². The van der Waals surface area contributed by atoms with E-state index in [1.54, 1.807) is 4.90 Å². The van der Waals surface area contributed by atoms with E-state index < -0.39 is 0 Å². The van der Waals surface area contributed by atoms with Crippen LogP contribution in [0.1, 0.15) is 45.2 Å². The summed E-state index contributed by atoms with van der Waals surface area (Å²) >= 11 is 0. The summed E-state index contributed by atoms with van der Waals surface area (Å²) in [6.45, 7) is 10.3. The van der Waals surface area contributed by atoms with Crippen LogP contribution in [0.3, 0.4) is 0 Å². The van der Waals surface area contributed by atoms with Crippen molar-refractivity contribution in [3.63, 3.8) is 0 Å². The lowest BCUT2D eigenvalue weighted by atomic mass is 9.87. The summed E-state index contributed by atoms with van der Waals surface area (Å²) in [5.41, 5.74) is 3.95. The number of anilines is 2. The highest BCUT2D eigenvalue weighted by atomic mass is 16.2. The number of nitrogens with zero attached hydrogens (tertiary/aromatic N) is 1. The Morgan fingerprint density at radius 1 is 1.04 bits per heavy atom. The van der Waals surface area contributed by atoms with Gasteiger partial charge in [0, 0.05) is 31.3 Å². The minimum atomic E-state index is -0.104. The third kappa shape index (κ3) is 5.45. The van der Waals surface area contributed by atoms with E-state index in [-0.39, 0.29) is 23.7 Å². The van der Waals surface area contributed by atoms with Crippen molar-refractivity contribution in [3.8, 4) is 0 Å². The van der Waals surface area contributed by atoms with Gasteiger partial charge in [-0.1, -0.05) is 45.0 Å². The number of carbonyl (C=O) groups is 2. The van der Waals surface area contributed by atoms with E-state index in [0.717, 1.165) is 16.9 Å². The average molecular weight is 352 g/mol. The van der Waals surface area contributed by atoms with Crippen molar-refractivity contribution < 1.29 is 9.59 Å². The largest absolute Gasteiger partial charge is 0.326 e. The van der Waals surface area contributed by atoms with Crippen molar-refractivity contribution in [1.29, 1.82) is 0 Å². The Morgan fingerprint density at radius 2 is 1.69 bits per heavy atom. The summed E-state index contributed by atoms with van der Waals surface area (Å²) in [4.78, 5) is 25.9. The molecule has 0 radical (unpaired) electrons. The van der Waals surface area contributed by atoms with Crippen molar-refractivity contribution in [3.05, 3.63) is 59.7 Å². The third-order valence-electron chi connectivity index (χ3n) is 4.29. The fraction of sp³-hybridized carbons (Fsp3) is 0.364. The molecule has 0 aliphatic heterocycles. The predicted molar refractivity (Wildman–Crippen MR) is 108 cm³/mol. The first kappa shape index (κ1) is 19.7. The molecule has 2 rings (SSSR count). The SMILES string of the molecule is CC(=O)N(CCC(=O)Nc1cccc(C)c1)c1ccc(C(C)(C)C)cc1. The van der Waals surface area contributed by atoms with Crippen molar-refractivity contribution in [2.45, 2.75) is 46.5 Å². The maximum absolute atomic E-state index is 12.2. The van der Waals surface area contributed by atoms with Gasteiger partial charge in [-0.15, -0.1) is 0 Å². The standard InChI is InChI=1S/C22H28N2O2/c1-16-7-6-8-19(15-16)23-21(26)13-14-24(17(2)25)20-11-9-18(10-12-20)22(3,4)5/h6-12,15H,13-14H2,1-5H3,(H,23,26). The second kappa shape index (κ2) is 8.17. The number of amides is 2. The molecule has 2 amide bonds. The first-order valence-electron chi connectivity index (χ1n) is 8.92. The summed E-state index contributed by atoms with van der Waals surface area (Å²) in [7, 11) is 0. The highest BCUT2D eigenvalue weighted by molar-refractivity contribution is 5.94. The Bertz CT molecular complexity index is 773. The van der Waals surface area contributed by atoms with Gasteiger partial charge in [-0.2, -0.15) is 0 Å². The first-order valence-corrected chi connectivity index (χ1v) is 8.92. The number of benzene rings is 2. The number of hydrogen-bond acceptors (Lipinski definition) is 2. The zero-order chi connectivity index (χ0) is 19.3. The van der Waals surface area contributed by atoms with Crippen LogP contribution in [-0.2, 0) is 15.0 Å². The van der Waals surface area contributed by atoms with Gasteiger partial charge < -0.3 is 10.2 Å². The quantitative estimate of drug-likeness (QED) is 0.850. The number of rotatable bonds is 5. The highest BCUT2D eigenvalue weighted by Gasteiger charge is 2.16. The summed E-state index contributed by atoms with van der Waals surface area (Å²) in [5, 5.41) is 2.88. The molecule has 1 N–H and O–H groups in total. The molecule has 0 unspecified atom stereocenters. The summed E-state index contributed by atoms with van der Waals surface area (Å²) in [6, 6.07) is 15.6. The predicted octanol–water partition coefficient (Wildman–Crippen LogP) is 4.67. The van der Waals surface area contributed by atoms with Gasteiger partial charge in [0.05, 0.1) is 0 Å². The van der Waals surface area contributed by atoms with Gasteiger partial charge in [0.1, 0.15) is 0 Å². The fourth-order valence-corrected chi connectivity index (χ4v) is 2.77. The Hall–Kier alpha value is -2.62. The lowest BCUT2D eigenvalue weighted by molar-refractivity contribution is -0.117. The van der Waals surface area contributed by atoms with Gasteiger partial charge in [-0.05, 0) is 47.7 Å². The van der Waals surface area contributed by atoms with Gasteiger partial charge in [0.15, 0.2) is 0 Å². The summed E-state index contributed by atoms with van der Waals surface area (Å²) in [6.07, 6.45) is 0.245. The van der Waals surface area contributed by atoms with Crippen LogP contribution in [0.4, 0.5) is 11.4 Å². The molecule has 0 spiro atoms. The molecule has 0 aliphatic rings. The maximum Gasteiger partial charge on any atom is 0.226 e. The van der Waals surface area contributed by atoms with E-state index in [2.05, 4.69) is 26.1 Å². The molecule has 4 heteroatoms. The molecule has 138 valence electrons. The van der Waals surface area contributed by atoms with E-state index in [1.807, 2.05) is 55.5 Å². The van der Waals surface area contributed by atoms with Crippen LogP contribution in [0.2, 0.25) is 0 Å². The fourth-order valence-electron chi connectivity index (χ4n) is 2.77. The second-order valence-corrected chi connectivity index (χ2v) is 7.64. The topological polar surface area (TPSA) is 49.4 Å². The summed E-state index contributed by atoms with van der Waals surface area (Å²) in [5.74, 6) is -0.176. The minimum Gasteiger partial charge on any atom is -0.326 e. The molecular weight excluding hydrogens is 324 g/mol. The lowest BCUT2D eigenvalue weighted by Gasteiger charge is -2.23. The molecule has 0 heterocycles. The molecule has 4 nitrogen and oxygen atoms in total. The zero-order valence-electron chi connectivity index (χ0n) is 16.3. The van der Waals surface area contributed by atoms with Gasteiger partial charge in [-0.3, -0.25) is 9.59 Å². The van der Waals surface area contributed by atoms with Gasteiger partial charge in [0.25, 0.3) is 0 Å². The van der Waals surface area contributed by atoms with Crippen LogP contribution in [-0.4, -0.2) is 18.4 Å². The van der Waals surface area contributed by atoms with Crippen LogP contribution in [0, 0.1) is 6.92 Å². The van der Waals surface area contributed by atoms with Crippen LogP contribution < -0.4 is 10.2 Å². The van der Waals surface area contributed by atoms with E-state index in [9.17, 15) is 9.59 Å². The number of hydrogen-bond donors (Lipinski definition) is 1. The Labute approximate surface area is 156 Å². The van der Waals surface area contributed by atoms with Crippen molar-refractivity contribution in [1.82, 2.24) is 0 Å². The monoisotopic (exact) mass is 352 g/mol. The molecule has 0 aromatic heterocycles. The highest BCUT2D eigenvalue weighted by Crippen LogP contribution is 2.25. The van der Waals surface area contributed by atoms with E-state index in [0.29, 0.717) is 6.54 Å². The summed E-state index contributed by atoms with van der Waals surface area (Å²) < 4.78 is 0. The maximum atomic E-state index is 12.2. The minimum absolute atomic E-state index is 0.0628. The van der Waals surface area contributed by atoms with Crippen LogP contribution >= 0.6 is 0 Å². The Kier molecular flexibility index (Phi) is 6.19. The molecule has 0 saturated carbocycles. The molecule has 0 atom stereocenters. The number of carbonyl (C=O) groups excluding carboxylic acids is 2. The van der Waals surface area contributed by atoms with Gasteiger partial charge >= 0.3 is 0 Å².